The summed E-state index contributed by atoms with van der Waals surface area (Å²) in [4.78, 5) is 32.7. The van der Waals surface area contributed by atoms with Gasteiger partial charge in [-0.25, -0.2) is 0 Å². The van der Waals surface area contributed by atoms with Gasteiger partial charge in [-0.15, -0.1) is 0 Å². The molecule has 0 atom stereocenters. The molecule has 0 aromatic carbocycles. The lowest BCUT2D eigenvalue weighted by Gasteiger charge is -2.36. The van der Waals surface area contributed by atoms with Gasteiger partial charge >= 0.3 is 0 Å². The third kappa shape index (κ3) is 4.76. The summed E-state index contributed by atoms with van der Waals surface area (Å²) in [5.74, 6) is 0.624. The summed E-state index contributed by atoms with van der Waals surface area (Å²) in [5.41, 5.74) is 1.17. The molecule has 1 amide bonds. The summed E-state index contributed by atoms with van der Waals surface area (Å²) >= 11 is 6.71. The number of nitriles is 1. The van der Waals surface area contributed by atoms with Crippen molar-refractivity contribution in [3.05, 3.63) is 31.9 Å². The lowest BCUT2D eigenvalue weighted by Crippen LogP contribution is -2.47. The Labute approximate surface area is 198 Å². The number of carbonyl (C=O) groups excluding carboxylic acids is 1. The quantitative estimate of drug-likeness (QED) is 0.337. The van der Waals surface area contributed by atoms with E-state index in [0.717, 1.165) is 37.6 Å². The van der Waals surface area contributed by atoms with E-state index in [9.17, 15) is 14.9 Å². The van der Waals surface area contributed by atoms with Gasteiger partial charge in [-0.1, -0.05) is 24.0 Å². The standard InChI is InChI=1S/C22H29N5O3S2/c1-5-26-19(25-10-8-24(3)9-11-25)16(15(2)17(14-23)20(26)28)13-18-21(29)27(22(31)32-18)7-6-12-30-4/h13H,5-12H2,1-4H3. The number of anilines is 1. The van der Waals surface area contributed by atoms with Crippen LogP contribution in [0.1, 0.15) is 30.0 Å². The Bertz CT molecular complexity index is 1040. The molecular weight excluding hydrogens is 446 g/mol. The number of ether oxygens (including phenoxy) is 1. The molecule has 8 nitrogen and oxygen atoms in total. The second kappa shape index (κ2) is 10.6. The predicted octanol–water partition coefficient (Wildman–Crippen LogP) is 2.04. The Balaban J connectivity index is 2.11. The van der Waals surface area contributed by atoms with E-state index >= 15 is 0 Å². The van der Waals surface area contributed by atoms with E-state index in [4.69, 9.17) is 17.0 Å². The molecule has 10 heteroatoms. The fourth-order valence-electron chi connectivity index (χ4n) is 3.99. The first-order chi connectivity index (χ1) is 15.3. The number of pyridine rings is 1. The van der Waals surface area contributed by atoms with Gasteiger partial charge in [-0.3, -0.25) is 19.1 Å². The van der Waals surface area contributed by atoms with Crippen LogP contribution in [0.2, 0.25) is 0 Å². The third-order valence-electron chi connectivity index (χ3n) is 5.84. The molecule has 0 saturated carbocycles. The summed E-state index contributed by atoms with van der Waals surface area (Å²) in [6.45, 7) is 8.44. The van der Waals surface area contributed by atoms with Crippen LogP contribution in [0.15, 0.2) is 9.70 Å². The fourth-order valence-corrected chi connectivity index (χ4v) is 5.28. The van der Waals surface area contributed by atoms with E-state index in [1.54, 1.807) is 23.5 Å². The number of nitrogens with zero attached hydrogens (tertiary/aromatic N) is 5. The van der Waals surface area contributed by atoms with Crippen LogP contribution < -0.4 is 10.5 Å². The average molecular weight is 476 g/mol. The number of amides is 1. The zero-order chi connectivity index (χ0) is 23.4. The normalized spacial score (nSPS) is 18.7. The van der Waals surface area contributed by atoms with Crippen LogP contribution in [0.25, 0.3) is 6.08 Å². The van der Waals surface area contributed by atoms with Crippen molar-refractivity contribution >= 4 is 46.1 Å². The minimum Gasteiger partial charge on any atom is -0.385 e. The Morgan fingerprint density at radius 3 is 2.53 bits per heavy atom. The number of piperazine rings is 1. The molecule has 2 saturated heterocycles. The van der Waals surface area contributed by atoms with E-state index in [1.807, 2.05) is 13.0 Å². The highest BCUT2D eigenvalue weighted by molar-refractivity contribution is 8.26. The lowest BCUT2D eigenvalue weighted by atomic mass is 10.0. The van der Waals surface area contributed by atoms with Crippen molar-refractivity contribution in [2.24, 2.45) is 0 Å². The zero-order valence-electron chi connectivity index (χ0n) is 19.0. The highest BCUT2D eigenvalue weighted by Crippen LogP contribution is 2.36. The Morgan fingerprint density at radius 1 is 1.25 bits per heavy atom. The highest BCUT2D eigenvalue weighted by Gasteiger charge is 2.33. The van der Waals surface area contributed by atoms with Gasteiger partial charge in [0.25, 0.3) is 11.5 Å². The van der Waals surface area contributed by atoms with Crippen LogP contribution in [-0.2, 0) is 16.1 Å². The maximum atomic E-state index is 13.1. The Morgan fingerprint density at radius 2 is 1.94 bits per heavy atom. The smallest absolute Gasteiger partial charge is 0.270 e. The molecule has 2 fully saturated rings. The molecule has 0 N–H and O–H groups in total. The number of likely N-dealkylation sites (N-methyl/N-ethyl adjacent to an activating group) is 1. The number of thiocarbonyl (C=S) groups is 1. The summed E-state index contributed by atoms with van der Waals surface area (Å²) in [6, 6.07) is 2.07. The largest absolute Gasteiger partial charge is 0.385 e. The molecule has 1 aromatic rings. The van der Waals surface area contributed by atoms with Crippen molar-refractivity contribution in [2.45, 2.75) is 26.8 Å². The molecule has 0 bridgehead atoms. The van der Waals surface area contributed by atoms with Gasteiger partial charge in [0.05, 0.1) is 4.91 Å². The van der Waals surface area contributed by atoms with E-state index in [2.05, 4.69) is 22.9 Å². The molecule has 3 rings (SSSR count). The number of aromatic nitrogens is 1. The van der Waals surface area contributed by atoms with Crippen molar-refractivity contribution < 1.29 is 9.53 Å². The minimum atomic E-state index is -0.286. The van der Waals surface area contributed by atoms with Gasteiger partial charge < -0.3 is 14.5 Å². The van der Waals surface area contributed by atoms with Crippen molar-refractivity contribution in [1.82, 2.24) is 14.4 Å². The lowest BCUT2D eigenvalue weighted by molar-refractivity contribution is -0.122. The zero-order valence-corrected chi connectivity index (χ0v) is 20.6. The SMILES string of the molecule is CCn1c(N2CCN(C)CC2)c(C=C2SC(=S)N(CCCOC)C2=O)c(C)c(C#N)c1=O. The molecule has 2 aliphatic rings. The van der Waals surface area contributed by atoms with Crippen LogP contribution in [0.5, 0.6) is 0 Å². The summed E-state index contributed by atoms with van der Waals surface area (Å²) in [7, 11) is 3.70. The summed E-state index contributed by atoms with van der Waals surface area (Å²) < 4.78 is 7.26. The predicted molar refractivity (Wildman–Crippen MR) is 132 cm³/mol. The molecule has 172 valence electrons. The van der Waals surface area contributed by atoms with Gasteiger partial charge in [0.1, 0.15) is 21.8 Å². The van der Waals surface area contributed by atoms with Gasteiger partial charge in [0.2, 0.25) is 0 Å². The van der Waals surface area contributed by atoms with Crippen molar-refractivity contribution in [2.75, 3.05) is 58.4 Å². The van der Waals surface area contributed by atoms with Crippen molar-refractivity contribution in [1.29, 1.82) is 5.26 Å². The molecule has 3 heterocycles. The number of rotatable bonds is 7. The number of hydrogen-bond acceptors (Lipinski definition) is 8. The minimum absolute atomic E-state index is 0.117. The Hall–Kier alpha value is -2.19. The van der Waals surface area contributed by atoms with Gasteiger partial charge in [-0.2, -0.15) is 5.26 Å². The van der Waals surface area contributed by atoms with Crippen LogP contribution in [0.4, 0.5) is 5.82 Å². The van der Waals surface area contributed by atoms with E-state index in [-0.39, 0.29) is 17.0 Å². The van der Waals surface area contributed by atoms with Crippen LogP contribution >= 0.6 is 24.0 Å². The number of thioether (sulfide) groups is 1. The molecule has 1 aromatic heterocycles. The summed E-state index contributed by atoms with van der Waals surface area (Å²) in [5, 5.41) is 9.68. The Kier molecular flexibility index (Phi) is 8.11. The van der Waals surface area contributed by atoms with Gasteiger partial charge in [0.15, 0.2) is 0 Å². The number of hydrogen-bond donors (Lipinski definition) is 0. The monoisotopic (exact) mass is 475 g/mol. The van der Waals surface area contributed by atoms with Crippen molar-refractivity contribution in [3.8, 4) is 6.07 Å². The van der Waals surface area contributed by atoms with Gasteiger partial charge in [0, 0.05) is 58.5 Å². The molecule has 0 unspecified atom stereocenters. The van der Waals surface area contributed by atoms with Crippen LogP contribution in [0, 0.1) is 18.3 Å². The molecule has 2 aliphatic heterocycles. The third-order valence-corrected chi connectivity index (χ3v) is 7.22. The maximum Gasteiger partial charge on any atom is 0.270 e. The maximum absolute atomic E-state index is 13.1. The number of carbonyl (C=O) groups is 1. The highest BCUT2D eigenvalue weighted by atomic mass is 32.2. The second-order valence-corrected chi connectivity index (χ2v) is 9.54. The second-order valence-electron chi connectivity index (χ2n) is 7.87. The number of methoxy groups -OCH3 is 1. The topological polar surface area (TPSA) is 81.8 Å². The van der Waals surface area contributed by atoms with E-state index in [1.165, 1.54) is 11.8 Å². The molecule has 32 heavy (non-hydrogen) atoms. The molecule has 0 spiro atoms. The molecular formula is C22H29N5O3S2. The fraction of sp³-hybridized carbons (Fsp3) is 0.545. The van der Waals surface area contributed by atoms with Crippen LogP contribution in [0.3, 0.4) is 0 Å². The van der Waals surface area contributed by atoms with Crippen LogP contribution in [-0.4, -0.2) is 78.1 Å². The first kappa shape index (κ1) is 24.5. The average Bonchev–Trinajstić information content (AvgIpc) is 3.04. The molecule has 0 aliphatic carbocycles. The first-order valence-corrected chi connectivity index (χ1v) is 11.9. The van der Waals surface area contributed by atoms with Crippen molar-refractivity contribution in [3.63, 3.8) is 0 Å². The van der Waals surface area contributed by atoms with E-state index < -0.39 is 0 Å². The van der Waals surface area contributed by atoms with Gasteiger partial charge in [-0.05, 0) is 39.0 Å². The van der Waals surface area contributed by atoms with E-state index in [0.29, 0.717) is 40.9 Å². The first-order valence-electron chi connectivity index (χ1n) is 10.7. The molecule has 0 radical (unpaired) electrons. The summed E-state index contributed by atoms with van der Waals surface area (Å²) in [6.07, 6.45) is 2.51.